The van der Waals surface area contributed by atoms with Gasteiger partial charge in [-0.15, -0.1) is 0 Å². The van der Waals surface area contributed by atoms with Gasteiger partial charge in [0.1, 0.15) is 12.3 Å². The first kappa shape index (κ1) is 16.1. The van der Waals surface area contributed by atoms with Crippen molar-refractivity contribution in [3.63, 3.8) is 0 Å². The van der Waals surface area contributed by atoms with Gasteiger partial charge in [-0.25, -0.2) is 8.42 Å². The largest absolute Gasteiger partial charge is 0.496 e. The van der Waals surface area contributed by atoms with E-state index in [1.165, 1.54) is 19.2 Å². The highest BCUT2D eigenvalue weighted by molar-refractivity contribution is 14.1. The minimum absolute atomic E-state index is 0.118. The van der Waals surface area contributed by atoms with Crippen LogP contribution in [-0.4, -0.2) is 28.0 Å². The van der Waals surface area contributed by atoms with Crippen molar-refractivity contribution in [3.05, 3.63) is 46.0 Å². The molecule has 3 rings (SSSR count). The maximum absolute atomic E-state index is 12.9. The Morgan fingerprint density at radius 1 is 1.22 bits per heavy atom. The van der Waals surface area contributed by atoms with Crippen molar-refractivity contribution in [2.75, 3.05) is 23.3 Å². The van der Waals surface area contributed by atoms with Gasteiger partial charge >= 0.3 is 0 Å². The molecule has 2 aromatic rings. The number of amides is 1. The Morgan fingerprint density at radius 2 is 1.96 bits per heavy atom. The summed E-state index contributed by atoms with van der Waals surface area (Å²) in [5.41, 5.74) is 0.938. The number of benzene rings is 2. The highest BCUT2D eigenvalue weighted by atomic mass is 127. The highest BCUT2D eigenvalue weighted by Gasteiger charge is 2.32. The van der Waals surface area contributed by atoms with Crippen LogP contribution in [0.3, 0.4) is 0 Å². The van der Waals surface area contributed by atoms with Gasteiger partial charge in [-0.1, -0.05) is 12.1 Å². The van der Waals surface area contributed by atoms with Crippen molar-refractivity contribution in [2.24, 2.45) is 0 Å². The second kappa shape index (κ2) is 6.00. The fraction of sp³-hybridized carbons (Fsp3) is 0.133. The number of anilines is 2. The molecule has 1 aliphatic heterocycles. The minimum Gasteiger partial charge on any atom is -0.496 e. The van der Waals surface area contributed by atoms with Gasteiger partial charge in [0.25, 0.3) is 10.0 Å². The van der Waals surface area contributed by atoms with Crippen LogP contribution in [0.15, 0.2) is 47.4 Å². The third-order valence-electron chi connectivity index (χ3n) is 3.45. The third-order valence-corrected chi connectivity index (χ3v) is 6.04. The molecular formula is C15H13IN2O4S. The molecule has 0 bridgehead atoms. The smallest absolute Gasteiger partial charge is 0.264 e. The van der Waals surface area contributed by atoms with Crippen LogP contribution in [0.5, 0.6) is 5.75 Å². The number of hydrogen-bond donors (Lipinski definition) is 1. The molecule has 8 heteroatoms. The summed E-state index contributed by atoms with van der Waals surface area (Å²) in [5, 5.41) is 2.68. The van der Waals surface area contributed by atoms with Gasteiger partial charge in [0.15, 0.2) is 0 Å². The predicted octanol–water partition coefficient (Wildman–Crippen LogP) is 2.45. The first-order valence-electron chi connectivity index (χ1n) is 6.68. The summed E-state index contributed by atoms with van der Waals surface area (Å²) < 4.78 is 32.9. The number of ether oxygens (including phenoxy) is 1. The Bertz CT molecular complexity index is 883. The Balaban J connectivity index is 2.10. The van der Waals surface area contributed by atoms with E-state index < -0.39 is 10.0 Å². The average molecular weight is 444 g/mol. The number of carbonyl (C=O) groups is 1. The molecule has 1 amide bonds. The number of hydrogen-bond acceptors (Lipinski definition) is 4. The average Bonchev–Trinajstić information content (AvgIpc) is 2.53. The molecule has 0 radical (unpaired) electrons. The molecule has 0 spiro atoms. The molecule has 0 aromatic heterocycles. The van der Waals surface area contributed by atoms with Gasteiger partial charge < -0.3 is 10.1 Å². The van der Waals surface area contributed by atoms with Crippen LogP contribution < -0.4 is 14.4 Å². The maximum Gasteiger partial charge on any atom is 0.264 e. The summed E-state index contributed by atoms with van der Waals surface area (Å²) in [6.45, 7) is -0.248. The lowest BCUT2D eigenvalue weighted by Gasteiger charge is -2.30. The molecule has 0 aliphatic carbocycles. The second-order valence-electron chi connectivity index (χ2n) is 4.87. The summed E-state index contributed by atoms with van der Waals surface area (Å²) in [6, 6.07) is 11.4. The lowest BCUT2D eigenvalue weighted by molar-refractivity contribution is -0.115. The standard InChI is InChI=1S/C15H13IN2O4S/c1-22-14-7-6-10(8-11(14)16)23(20,21)18-9-15(19)17-12-4-2-3-5-13(12)18/h2-8H,9H2,1H3,(H,17,19). The van der Waals surface area contributed by atoms with Crippen molar-refractivity contribution < 1.29 is 17.9 Å². The zero-order chi connectivity index (χ0) is 16.6. The molecule has 23 heavy (non-hydrogen) atoms. The first-order valence-corrected chi connectivity index (χ1v) is 9.20. The lowest BCUT2D eigenvalue weighted by atomic mass is 10.2. The summed E-state index contributed by atoms with van der Waals surface area (Å²) in [4.78, 5) is 12.0. The highest BCUT2D eigenvalue weighted by Crippen LogP contribution is 2.34. The van der Waals surface area contributed by atoms with Crippen LogP contribution in [-0.2, 0) is 14.8 Å². The SMILES string of the molecule is COc1ccc(S(=O)(=O)N2CC(=O)Nc3ccccc32)cc1I. The van der Waals surface area contributed by atoms with Crippen LogP contribution in [0.2, 0.25) is 0 Å². The van der Waals surface area contributed by atoms with Crippen LogP contribution in [0, 0.1) is 3.57 Å². The van der Waals surface area contributed by atoms with Crippen LogP contribution in [0.1, 0.15) is 0 Å². The van der Waals surface area contributed by atoms with E-state index in [4.69, 9.17) is 4.74 Å². The molecule has 0 saturated heterocycles. The molecule has 1 N–H and O–H groups in total. The Hall–Kier alpha value is -1.81. The number of methoxy groups -OCH3 is 1. The third kappa shape index (κ3) is 2.88. The van der Waals surface area contributed by atoms with E-state index in [1.54, 1.807) is 30.3 Å². The van der Waals surface area contributed by atoms with Gasteiger partial charge in [0.05, 0.1) is 27.0 Å². The number of nitrogens with one attached hydrogen (secondary N) is 1. The lowest BCUT2D eigenvalue weighted by Crippen LogP contribution is -2.42. The van der Waals surface area contributed by atoms with E-state index in [0.29, 0.717) is 20.7 Å². The van der Waals surface area contributed by atoms with Gasteiger partial charge in [-0.05, 0) is 52.9 Å². The van der Waals surface area contributed by atoms with E-state index in [-0.39, 0.29) is 17.3 Å². The van der Waals surface area contributed by atoms with Crippen molar-refractivity contribution in [1.29, 1.82) is 0 Å². The molecule has 0 saturated carbocycles. The van der Waals surface area contributed by atoms with E-state index in [1.807, 2.05) is 22.6 Å². The van der Waals surface area contributed by atoms with E-state index in [2.05, 4.69) is 5.32 Å². The second-order valence-corrected chi connectivity index (χ2v) is 7.90. The number of carbonyl (C=O) groups excluding carboxylic acids is 1. The quantitative estimate of drug-likeness (QED) is 0.739. The fourth-order valence-corrected chi connectivity index (χ4v) is 4.76. The minimum atomic E-state index is -3.84. The van der Waals surface area contributed by atoms with Crippen molar-refractivity contribution in [1.82, 2.24) is 0 Å². The van der Waals surface area contributed by atoms with Gasteiger partial charge in [-0.2, -0.15) is 0 Å². The summed E-state index contributed by atoms with van der Waals surface area (Å²) in [7, 11) is -2.32. The molecule has 0 atom stereocenters. The number of fused-ring (bicyclic) bond motifs is 1. The number of nitrogens with zero attached hydrogens (tertiary/aromatic N) is 1. The predicted molar refractivity (Wildman–Crippen MR) is 95.3 cm³/mol. The zero-order valence-corrected chi connectivity index (χ0v) is 15.1. The van der Waals surface area contributed by atoms with E-state index >= 15 is 0 Å². The monoisotopic (exact) mass is 444 g/mol. The summed E-state index contributed by atoms with van der Waals surface area (Å²) in [6.07, 6.45) is 0. The normalized spacial score (nSPS) is 14.2. The van der Waals surface area contributed by atoms with Crippen LogP contribution >= 0.6 is 22.6 Å². The topological polar surface area (TPSA) is 75.7 Å². The van der Waals surface area contributed by atoms with Gasteiger partial charge in [-0.3, -0.25) is 9.10 Å². The first-order chi connectivity index (χ1) is 10.9. The fourth-order valence-electron chi connectivity index (χ4n) is 2.35. The number of sulfonamides is 1. The van der Waals surface area contributed by atoms with Crippen molar-refractivity contribution in [2.45, 2.75) is 4.90 Å². The summed E-state index contributed by atoms with van der Waals surface area (Å²) in [5.74, 6) is 0.233. The number of para-hydroxylation sites is 2. The van der Waals surface area contributed by atoms with E-state index in [9.17, 15) is 13.2 Å². The van der Waals surface area contributed by atoms with Crippen molar-refractivity contribution in [3.8, 4) is 5.75 Å². The molecule has 120 valence electrons. The van der Waals surface area contributed by atoms with E-state index in [0.717, 1.165) is 4.31 Å². The Morgan fingerprint density at radius 3 is 2.65 bits per heavy atom. The maximum atomic E-state index is 12.9. The zero-order valence-electron chi connectivity index (χ0n) is 12.1. The number of halogens is 1. The molecular weight excluding hydrogens is 431 g/mol. The molecule has 6 nitrogen and oxygen atoms in total. The Kier molecular flexibility index (Phi) is 4.19. The van der Waals surface area contributed by atoms with Crippen LogP contribution in [0.4, 0.5) is 11.4 Å². The molecule has 1 heterocycles. The molecule has 0 fully saturated rings. The van der Waals surface area contributed by atoms with Gasteiger partial charge in [0, 0.05) is 0 Å². The summed E-state index contributed by atoms with van der Waals surface area (Å²) >= 11 is 2.01. The number of rotatable bonds is 3. The Labute approximate surface area is 147 Å². The van der Waals surface area contributed by atoms with Crippen LogP contribution in [0.25, 0.3) is 0 Å². The molecule has 0 unspecified atom stereocenters. The molecule has 1 aliphatic rings. The molecule has 2 aromatic carbocycles. The van der Waals surface area contributed by atoms with Gasteiger partial charge in [0.2, 0.25) is 5.91 Å². The van der Waals surface area contributed by atoms with Crippen molar-refractivity contribution >= 4 is 49.9 Å².